The van der Waals surface area contributed by atoms with E-state index in [1.54, 1.807) is 0 Å². The quantitative estimate of drug-likeness (QED) is 0.868. The third-order valence-corrected chi connectivity index (χ3v) is 4.44. The van der Waals surface area contributed by atoms with E-state index in [2.05, 4.69) is 31.0 Å². The summed E-state index contributed by atoms with van der Waals surface area (Å²) in [6.45, 7) is 4.61. The van der Waals surface area contributed by atoms with E-state index >= 15 is 0 Å². The van der Waals surface area contributed by atoms with Gasteiger partial charge in [0.25, 0.3) is 0 Å². The smallest absolute Gasteiger partial charge is 0.119 e. The zero-order valence-corrected chi connectivity index (χ0v) is 12.8. The summed E-state index contributed by atoms with van der Waals surface area (Å²) >= 11 is 0. The molecule has 1 saturated carbocycles. The lowest BCUT2D eigenvalue weighted by molar-refractivity contribution is 0.115. The summed E-state index contributed by atoms with van der Waals surface area (Å²) in [6.07, 6.45) is 5.24. The van der Waals surface area contributed by atoms with Crippen molar-refractivity contribution in [1.82, 2.24) is 4.90 Å². The van der Waals surface area contributed by atoms with Crippen LogP contribution in [-0.2, 0) is 0 Å². The van der Waals surface area contributed by atoms with Crippen molar-refractivity contribution in [3.63, 3.8) is 0 Å². The van der Waals surface area contributed by atoms with Gasteiger partial charge in [0.15, 0.2) is 0 Å². The molecule has 112 valence electrons. The number of hydrogen-bond acceptors (Lipinski definition) is 3. The molecule has 0 amide bonds. The van der Waals surface area contributed by atoms with Crippen LogP contribution in [-0.4, -0.2) is 37.7 Å². The van der Waals surface area contributed by atoms with Crippen LogP contribution in [0, 0.1) is 12.8 Å². The molecule has 0 bridgehead atoms. The number of aryl methyl sites for hydroxylation is 1. The van der Waals surface area contributed by atoms with E-state index in [0.717, 1.165) is 25.4 Å². The van der Waals surface area contributed by atoms with Crippen molar-refractivity contribution in [2.75, 3.05) is 26.7 Å². The van der Waals surface area contributed by atoms with E-state index in [4.69, 9.17) is 10.5 Å². The average Bonchev–Trinajstić information content (AvgIpc) is 2.47. The van der Waals surface area contributed by atoms with Crippen LogP contribution in [0.2, 0.25) is 0 Å². The van der Waals surface area contributed by atoms with Crippen LogP contribution in [0.5, 0.6) is 5.75 Å². The number of rotatable bonds is 6. The lowest BCUT2D eigenvalue weighted by Crippen LogP contribution is -2.44. The molecule has 3 heteroatoms. The normalized spacial score (nSPS) is 23.0. The Balaban J connectivity index is 1.78. The Kier molecular flexibility index (Phi) is 5.86. The molecule has 3 nitrogen and oxygen atoms in total. The van der Waals surface area contributed by atoms with Gasteiger partial charge in [0, 0.05) is 12.6 Å². The summed E-state index contributed by atoms with van der Waals surface area (Å²) in [6, 6.07) is 8.88. The minimum Gasteiger partial charge on any atom is -0.492 e. The molecule has 1 aliphatic rings. The second kappa shape index (κ2) is 7.65. The predicted molar refractivity (Wildman–Crippen MR) is 84.1 cm³/mol. The van der Waals surface area contributed by atoms with Crippen molar-refractivity contribution >= 4 is 0 Å². The zero-order valence-electron chi connectivity index (χ0n) is 12.8. The van der Waals surface area contributed by atoms with Gasteiger partial charge in [-0.25, -0.2) is 0 Å². The minimum atomic E-state index is 0.634. The highest BCUT2D eigenvalue weighted by molar-refractivity contribution is 5.27. The van der Waals surface area contributed by atoms with Crippen LogP contribution in [0.4, 0.5) is 0 Å². The highest BCUT2D eigenvalue weighted by atomic mass is 16.5. The van der Waals surface area contributed by atoms with Crippen molar-refractivity contribution in [2.45, 2.75) is 38.6 Å². The fourth-order valence-corrected chi connectivity index (χ4v) is 3.22. The number of benzene rings is 1. The first-order chi connectivity index (χ1) is 9.70. The summed E-state index contributed by atoms with van der Waals surface area (Å²) in [7, 11) is 2.21. The van der Waals surface area contributed by atoms with Gasteiger partial charge in [0.1, 0.15) is 12.4 Å². The molecule has 1 aromatic carbocycles. The number of nitrogens with zero attached hydrogens (tertiary/aromatic N) is 1. The highest BCUT2D eigenvalue weighted by Crippen LogP contribution is 2.27. The molecule has 2 rings (SSSR count). The molecule has 2 unspecified atom stereocenters. The molecule has 0 heterocycles. The van der Waals surface area contributed by atoms with Gasteiger partial charge in [-0.15, -0.1) is 0 Å². The van der Waals surface area contributed by atoms with E-state index in [-0.39, 0.29) is 0 Å². The standard InChI is InChI=1S/C17H28N2O/c1-14-6-5-8-16(12-14)20-11-10-19(2)17-9-4-3-7-15(17)13-18/h5-6,8,12,15,17H,3-4,7,9-11,13,18H2,1-2H3. The molecule has 0 aliphatic heterocycles. The molecule has 20 heavy (non-hydrogen) atoms. The fourth-order valence-electron chi connectivity index (χ4n) is 3.22. The average molecular weight is 276 g/mol. The van der Waals surface area contributed by atoms with Crippen LogP contribution in [0.25, 0.3) is 0 Å². The number of nitrogens with two attached hydrogens (primary N) is 1. The molecule has 0 saturated heterocycles. The van der Waals surface area contributed by atoms with E-state index < -0.39 is 0 Å². The highest BCUT2D eigenvalue weighted by Gasteiger charge is 2.26. The number of hydrogen-bond donors (Lipinski definition) is 1. The summed E-state index contributed by atoms with van der Waals surface area (Å²) in [5.74, 6) is 1.63. The molecule has 1 aliphatic carbocycles. The summed E-state index contributed by atoms with van der Waals surface area (Å²) < 4.78 is 5.84. The molecule has 0 spiro atoms. The molecule has 1 aromatic rings. The fraction of sp³-hybridized carbons (Fsp3) is 0.647. The van der Waals surface area contributed by atoms with E-state index in [9.17, 15) is 0 Å². The summed E-state index contributed by atoms with van der Waals surface area (Å²) in [4.78, 5) is 2.44. The SMILES string of the molecule is Cc1cccc(OCCN(C)C2CCCCC2CN)c1. The van der Waals surface area contributed by atoms with Crippen molar-refractivity contribution in [1.29, 1.82) is 0 Å². The van der Waals surface area contributed by atoms with Crippen LogP contribution < -0.4 is 10.5 Å². The van der Waals surface area contributed by atoms with Gasteiger partial charge in [-0.1, -0.05) is 25.0 Å². The van der Waals surface area contributed by atoms with E-state index in [1.807, 2.05) is 12.1 Å². The van der Waals surface area contributed by atoms with Gasteiger partial charge >= 0.3 is 0 Å². The van der Waals surface area contributed by atoms with Gasteiger partial charge < -0.3 is 10.5 Å². The lowest BCUT2D eigenvalue weighted by Gasteiger charge is -2.37. The molecule has 2 atom stereocenters. The minimum absolute atomic E-state index is 0.634. The van der Waals surface area contributed by atoms with Crippen molar-refractivity contribution in [2.24, 2.45) is 11.7 Å². The summed E-state index contributed by atoms with van der Waals surface area (Å²) in [5, 5.41) is 0. The maximum atomic E-state index is 5.91. The second-order valence-corrected chi connectivity index (χ2v) is 5.99. The Morgan fingerprint density at radius 3 is 2.85 bits per heavy atom. The van der Waals surface area contributed by atoms with Crippen molar-refractivity contribution in [3.05, 3.63) is 29.8 Å². The summed E-state index contributed by atoms with van der Waals surface area (Å²) in [5.41, 5.74) is 7.15. The Morgan fingerprint density at radius 1 is 1.30 bits per heavy atom. The molecular weight excluding hydrogens is 248 g/mol. The third kappa shape index (κ3) is 4.22. The molecule has 0 radical (unpaired) electrons. The van der Waals surface area contributed by atoms with E-state index in [0.29, 0.717) is 12.0 Å². The monoisotopic (exact) mass is 276 g/mol. The van der Waals surface area contributed by atoms with E-state index in [1.165, 1.54) is 31.2 Å². The van der Waals surface area contributed by atoms with Crippen LogP contribution in [0.15, 0.2) is 24.3 Å². The van der Waals surface area contributed by atoms with Crippen LogP contribution in [0.3, 0.4) is 0 Å². The maximum absolute atomic E-state index is 5.91. The largest absolute Gasteiger partial charge is 0.492 e. The lowest BCUT2D eigenvalue weighted by atomic mass is 9.84. The maximum Gasteiger partial charge on any atom is 0.119 e. The Bertz CT molecular complexity index is 408. The van der Waals surface area contributed by atoms with Crippen LogP contribution in [0.1, 0.15) is 31.2 Å². The Hall–Kier alpha value is -1.06. The molecule has 0 aromatic heterocycles. The number of likely N-dealkylation sites (N-methyl/N-ethyl adjacent to an activating group) is 1. The predicted octanol–water partition coefficient (Wildman–Crippen LogP) is 2.82. The molecule has 2 N–H and O–H groups in total. The number of ether oxygens (including phenoxy) is 1. The first kappa shape index (κ1) is 15.3. The van der Waals surface area contributed by atoms with Gasteiger partial charge in [-0.3, -0.25) is 4.90 Å². The van der Waals surface area contributed by atoms with Gasteiger partial charge in [0.2, 0.25) is 0 Å². The van der Waals surface area contributed by atoms with Gasteiger partial charge in [0.05, 0.1) is 0 Å². The van der Waals surface area contributed by atoms with Crippen molar-refractivity contribution < 1.29 is 4.74 Å². The topological polar surface area (TPSA) is 38.5 Å². The molecule has 1 fully saturated rings. The second-order valence-electron chi connectivity index (χ2n) is 5.99. The first-order valence-corrected chi connectivity index (χ1v) is 7.80. The Labute approximate surface area is 123 Å². The van der Waals surface area contributed by atoms with Gasteiger partial charge in [-0.05, 0) is 57.0 Å². The molecular formula is C17H28N2O. The van der Waals surface area contributed by atoms with Crippen molar-refractivity contribution in [3.8, 4) is 5.75 Å². The van der Waals surface area contributed by atoms with Crippen LogP contribution >= 0.6 is 0 Å². The Morgan fingerprint density at radius 2 is 2.10 bits per heavy atom. The zero-order chi connectivity index (χ0) is 14.4. The van der Waals surface area contributed by atoms with Gasteiger partial charge in [-0.2, -0.15) is 0 Å². The third-order valence-electron chi connectivity index (χ3n) is 4.44. The first-order valence-electron chi connectivity index (χ1n) is 7.80.